The lowest BCUT2D eigenvalue weighted by molar-refractivity contribution is -0.384. The van der Waals surface area contributed by atoms with E-state index in [-0.39, 0.29) is 11.4 Å². The molecule has 0 aliphatic rings. The molecule has 0 fully saturated rings. The molecule has 2 aromatic carbocycles. The van der Waals surface area contributed by atoms with E-state index in [0.717, 1.165) is 10.9 Å². The maximum atomic E-state index is 11.5. The topological polar surface area (TPSA) is 101 Å². The van der Waals surface area contributed by atoms with Crippen LogP contribution in [0.4, 0.5) is 11.4 Å². The Kier molecular flexibility index (Phi) is 4.41. The zero-order valence-corrected chi connectivity index (χ0v) is 15.0. The molecule has 28 heavy (non-hydrogen) atoms. The van der Waals surface area contributed by atoms with Gasteiger partial charge in [-0.3, -0.25) is 15.1 Å². The number of rotatable bonds is 5. The number of anilines is 1. The second kappa shape index (κ2) is 7.03. The van der Waals surface area contributed by atoms with Crippen molar-refractivity contribution in [1.82, 2.24) is 4.98 Å². The highest BCUT2D eigenvalue weighted by Gasteiger charge is 2.25. The van der Waals surface area contributed by atoms with Crippen molar-refractivity contribution in [2.24, 2.45) is 0 Å². The quantitative estimate of drug-likeness (QED) is 0.378. The first kappa shape index (κ1) is 17.5. The molecule has 0 spiro atoms. The Hall–Kier alpha value is -3.87. The summed E-state index contributed by atoms with van der Waals surface area (Å²) in [6.07, 6.45) is 3.12. The predicted octanol–water partition coefficient (Wildman–Crippen LogP) is 4.95. The lowest BCUT2D eigenvalue weighted by Gasteiger charge is -2.20. The first-order valence-electron chi connectivity index (χ1n) is 8.66. The van der Waals surface area contributed by atoms with Crippen molar-refractivity contribution in [2.75, 3.05) is 5.32 Å². The van der Waals surface area contributed by atoms with Gasteiger partial charge in [0.1, 0.15) is 28.8 Å². The second-order valence-corrected chi connectivity index (χ2v) is 6.45. The molecule has 1 atom stereocenters. The molecule has 4 rings (SSSR count). The molecule has 0 aliphatic heterocycles. The maximum Gasteiger partial charge on any atom is 0.292 e. The number of aryl methyl sites for hydroxylation is 1. The van der Waals surface area contributed by atoms with Gasteiger partial charge in [-0.2, -0.15) is 0 Å². The maximum absolute atomic E-state index is 11.5. The molecule has 0 aliphatic carbocycles. The van der Waals surface area contributed by atoms with Crippen LogP contribution in [0.1, 0.15) is 22.9 Å². The number of hydrogen-bond acceptors (Lipinski definition) is 6. The third-order valence-corrected chi connectivity index (χ3v) is 4.57. The van der Waals surface area contributed by atoms with Gasteiger partial charge in [0.25, 0.3) is 5.69 Å². The Morgan fingerprint density at radius 2 is 2.04 bits per heavy atom. The van der Waals surface area contributed by atoms with E-state index < -0.39 is 11.0 Å². The minimum Gasteiger partial charge on any atom is -0.505 e. The van der Waals surface area contributed by atoms with Gasteiger partial charge in [0.05, 0.1) is 11.2 Å². The predicted molar refractivity (Wildman–Crippen MR) is 105 cm³/mol. The summed E-state index contributed by atoms with van der Waals surface area (Å²) in [5.41, 5.74) is 2.03. The second-order valence-electron chi connectivity index (χ2n) is 6.45. The number of hydrogen-bond donors (Lipinski definition) is 2. The van der Waals surface area contributed by atoms with Crippen LogP contribution in [0.25, 0.3) is 10.9 Å². The molecule has 2 N–H and O–H groups in total. The fraction of sp³-hybridized carbons (Fsp3) is 0.0952. The van der Waals surface area contributed by atoms with E-state index in [9.17, 15) is 15.2 Å². The third kappa shape index (κ3) is 3.14. The summed E-state index contributed by atoms with van der Waals surface area (Å²) in [5.74, 6) is 0.516. The molecule has 2 aromatic heterocycles. The van der Waals surface area contributed by atoms with Gasteiger partial charge in [-0.25, -0.2) is 0 Å². The first-order valence-corrected chi connectivity index (χ1v) is 8.66. The average molecular weight is 375 g/mol. The molecule has 7 heteroatoms. The van der Waals surface area contributed by atoms with Gasteiger partial charge < -0.3 is 14.8 Å². The van der Waals surface area contributed by atoms with Crippen LogP contribution in [0.15, 0.2) is 71.5 Å². The Morgan fingerprint density at radius 1 is 1.18 bits per heavy atom. The Bertz CT molecular complexity index is 1160. The Balaban J connectivity index is 1.85. The average Bonchev–Trinajstić information content (AvgIpc) is 3.22. The van der Waals surface area contributed by atoms with E-state index in [4.69, 9.17) is 4.42 Å². The summed E-state index contributed by atoms with van der Waals surface area (Å²) >= 11 is 0. The van der Waals surface area contributed by atoms with Crippen molar-refractivity contribution < 1.29 is 14.4 Å². The summed E-state index contributed by atoms with van der Waals surface area (Å²) < 4.78 is 5.55. The number of nitrogens with one attached hydrogen (secondary N) is 1. The zero-order valence-electron chi connectivity index (χ0n) is 15.0. The highest BCUT2D eigenvalue weighted by Crippen LogP contribution is 2.38. The van der Waals surface area contributed by atoms with Crippen LogP contribution in [0, 0.1) is 17.0 Å². The van der Waals surface area contributed by atoms with Crippen LogP contribution >= 0.6 is 0 Å². The van der Waals surface area contributed by atoms with Gasteiger partial charge >= 0.3 is 0 Å². The van der Waals surface area contributed by atoms with E-state index in [1.807, 2.05) is 12.1 Å². The highest BCUT2D eigenvalue weighted by molar-refractivity contribution is 5.86. The van der Waals surface area contributed by atoms with Crippen LogP contribution in [0.2, 0.25) is 0 Å². The molecule has 140 valence electrons. The number of nitro benzene ring substituents is 1. The number of aromatic nitrogens is 1. The normalized spacial score (nSPS) is 12.0. The lowest BCUT2D eigenvalue weighted by Crippen LogP contribution is -2.13. The fourth-order valence-electron chi connectivity index (χ4n) is 3.21. The first-order chi connectivity index (χ1) is 13.5. The smallest absolute Gasteiger partial charge is 0.292 e. The standard InChI is InChI=1S/C21H17N3O4/c1-13-6-9-16(17(12-13)24(26)27)23-20(18-5-3-11-28-18)15-8-7-14-4-2-10-22-19(14)21(15)25/h2-12,20,23,25H,1H3. The number of aromatic hydroxyl groups is 1. The van der Waals surface area contributed by atoms with E-state index >= 15 is 0 Å². The number of pyridine rings is 1. The minimum atomic E-state index is -0.636. The van der Waals surface area contributed by atoms with Crippen molar-refractivity contribution >= 4 is 22.3 Å². The van der Waals surface area contributed by atoms with Gasteiger partial charge in [0, 0.05) is 23.2 Å². The molecule has 7 nitrogen and oxygen atoms in total. The number of nitro groups is 1. The summed E-state index contributed by atoms with van der Waals surface area (Å²) in [6.45, 7) is 1.79. The summed E-state index contributed by atoms with van der Waals surface area (Å²) in [6, 6.07) is 15.0. The Morgan fingerprint density at radius 3 is 2.79 bits per heavy atom. The SMILES string of the molecule is Cc1ccc(NC(c2ccco2)c2ccc3cccnc3c2O)c([N+](=O)[O-])c1. The molecule has 0 saturated heterocycles. The highest BCUT2D eigenvalue weighted by atomic mass is 16.6. The van der Waals surface area contributed by atoms with Crippen molar-refractivity contribution in [3.8, 4) is 5.75 Å². The van der Waals surface area contributed by atoms with Crippen LogP contribution in [-0.2, 0) is 0 Å². The van der Waals surface area contributed by atoms with E-state index in [1.54, 1.807) is 49.5 Å². The van der Waals surface area contributed by atoms with Crippen LogP contribution in [0.5, 0.6) is 5.75 Å². The molecule has 4 aromatic rings. The fourth-order valence-corrected chi connectivity index (χ4v) is 3.21. The Labute approximate surface area is 160 Å². The third-order valence-electron chi connectivity index (χ3n) is 4.57. The van der Waals surface area contributed by atoms with Crippen molar-refractivity contribution in [3.05, 3.63) is 94.1 Å². The van der Waals surface area contributed by atoms with Gasteiger partial charge in [-0.05, 0) is 36.8 Å². The summed E-state index contributed by atoms with van der Waals surface area (Å²) in [7, 11) is 0. The largest absolute Gasteiger partial charge is 0.505 e. The van der Waals surface area contributed by atoms with Crippen LogP contribution in [-0.4, -0.2) is 15.0 Å². The zero-order chi connectivity index (χ0) is 19.7. The van der Waals surface area contributed by atoms with Crippen LogP contribution < -0.4 is 5.32 Å². The number of furan rings is 1. The van der Waals surface area contributed by atoms with Gasteiger partial charge in [-0.1, -0.05) is 24.3 Å². The van der Waals surface area contributed by atoms with Crippen molar-refractivity contribution in [1.29, 1.82) is 0 Å². The van der Waals surface area contributed by atoms with Gasteiger partial charge in [0.2, 0.25) is 0 Å². The minimum absolute atomic E-state index is 0.00163. The molecule has 0 radical (unpaired) electrons. The number of benzene rings is 2. The molecule has 1 unspecified atom stereocenters. The van der Waals surface area contributed by atoms with Gasteiger partial charge in [-0.15, -0.1) is 0 Å². The van der Waals surface area contributed by atoms with Crippen LogP contribution in [0.3, 0.4) is 0 Å². The van der Waals surface area contributed by atoms with Gasteiger partial charge in [0.15, 0.2) is 0 Å². The van der Waals surface area contributed by atoms with Crippen molar-refractivity contribution in [3.63, 3.8) is 0 Å². The monoisotopic (exact) mass is 375 g/mol. The number of phenols is 1. The van der Waals surface area contributed by atoms with E-state index in [0.29, 0.717) is 22.5 Å². The molecule has 0 bridgehead atoms. The summed E-state index contributed by atoms with van der Waals surface area (Å²) in [5, 5.41) is 26.3. The lowest BCUT2D eigenvalue weighted by atomic mass is 10.00. The number of fused-ring (bicyclic) bond motifs is 1. The molecule has 0 amide bonds. The molecular formula is C21H17N3O4. The van der Waals surface area contributed by atoms with Crippen molar-refractivity contribution in [2.45, 2.75) is 13.0 Å². The summed E-state index contributed by atoms with van der Waals surface area (Å²) in [4.78, 5) is 15.3. The van der Waals surface area contributed by atoms with E-state index in [1.165, 1.54) is 12.3 Å². The molecule has 0 saturated carbocycles. The molecule has 2 heterocycles. The molecular weight excluding hydrogens is 358 g/mol. The number of phenolic OH excluding ortho intramolecular Hbond substituents is 1. The number of nitrogens with zero attached hydrogens (tertiary/aromatic N) is 2. The van der Waals surface area contributed by atoms with E-state index in [2.05, 4.69) is 10.3 Å².